The van der Waals surface area contributed by atoms with Crippen LogP contribution in [0, 0.1) is 0 Å². The molecule has 2 rings (SSSR count). The number of nitrogens with zero attached hydrogens (tertiary/aromatic N) is 2. The molecule has 0 aromatic carbocycles. The molecule has 0 atom stereocenters. The summed E-state index contributed by atoms with van der Waals surface area (Å²) in [5.74, 6) is 0.730. The number of nitrogens with two attached hydrogens (primary N) is 1. The summed E-state index contributed by atoms with van der Waals surface area (Å²) in [5.41, 5.74) is 6.23. The summed E-state index contributed by atoms with van der Waals surface area (Å²) in [5, 5.41) is 0. The number of nitrogen functional groups attached to an aromatic ring is 1. The van der Waals surface area contributed by atoms with E-state index in [0.29, 0.717) is 12.3 Å². The first-order valence-corrected chi connectivity index (χ1v) is 5.48. The fraction of sp³-hybridized carbons (Fsp3) is 0.545. The van der Waals surface area contributed by atoms with Gasteiger partial charge in [0.05, 0.1) is 31.3 Å². The fourth-order valence-electron chi connectivity index (χ4n) is 1.63. The van der Waals surface area contributed by atoms with Crippen LogP contribution in [-0.2, 0) is 4.74 Å². The van der Waals surface area contributed by atoms with Crippen LogP contribution in [0.25, 0.3) is 0 Å². The van der Waals surface area contributed by atoms with E-state index in [1.165, 1.54) is 0 Å². The van der Waals surface area contributed by atoms with Crippen LogP contribution in [0.4, 0.5) is 5.69 Å². The van der Waals surface area contributed by atoms with E-state index in [9.17, 15) is 0 Å². The SMILES string of the molecule is Nc1cncc(OCCN2CCOCC2)c1. The molecule has 0 amide bonds. The Morgan fingerprint density at radius 2 is 2.19 bits per heavy atom. The van der Waals surface area contributed by atoms with Gasteiger partial charge in [-0.05, 0) is 0 Å². The lowest BCUT2D eigenvalue weighted by Crippen LogP contribution is -2.38. The highest BCUT2D eigenvalue weighted by atomic mass is 16.5. The molecule has 1 fully saturated rings. The molecule has 0 bridgehead atoms. The van der Waals surface area contributed by atoms with Gasteiger partial charge in [-0.2, -0.15) is 0 Å². The van der Waals surface area contributed by atoms with Gasteiger partial charge >= 0.3 is 0 Å². The Kier molecular flexibility index (Phi) is 3.96. The van der Waals surface area contributed by atoms with Gasteiger partial charge in [-0.25, -0.2) is 0 Å². The van der Waals surface area contributed by atoms with Crippen molar-refractivity contribution in [2.24, 2.45) is 0 Å². The van der Waals surface area contributed by atoms with Gasteiger partial charge in [-0.3, -0.25) is 9.88 Å². The van der Waals surface area contributed by atoms with Crippen LogP contribution in [0.2, 0.25) is 0 Å². The third-order valence-electron chi connectivity index (χ3n) is 2.51. The molecule has 2 heterocycles. The summed E-state index contributed by atoms with van der Waals surface area (Å²) in [4.78, 5) is 6.29. The lowest BCUT2D eigenvalue weighted by atomic mass is 10.4. The molecule has 0 spiro atoms. The second kappa shape index (κ2) is 5.67. The Labute approximate surface area is 95.2 Å². The fourth-order valence-corrected chi connectivity index (χ4v) is 1.63. The van der Waals surface area contributed by atoms with E-state index in [2.05, 4.69) is 9.88 Å². The van der Waals surface area contributed by atoms with Crippen molar-refractivity contribution in [3.05, 3.63) is 18.5 Å². The number of morpholine rings is 1. The molecular weight excluding hydrogens is 206 g/mol. The minimum Gasteiger partial charge on any atom is -0.491 e. The van der Waals surface area contributed by atoms with Gasteiger partial charge in [0.1, 0.15) is 12.4 Å². The summed E-state index contributed by atoms with van der Waals surface area (Å²) >= 11 is 0. The number of hydrogen-bond acceptors (Lipinski definition) is 5. The Hall–Kier alpha value is -1.33. The van der Waals surface area contributed by atoms with Gasteiger partial charge < -0.3 is 15.2 Å². The molecule has 0 radical (unpaired) electrons. The third-order valence-corrected chi connectivity index (χ3v) is 2.51. The molecule has 16 heavy (non-hydrogen) atoms. The Morgan fingerprint density at radius 3 is 2.94 bits per heavy atom. The maximum atomic E-state index is 5.60. The molecule has 5 nitrogen and oxygen atoms in total. The molecule has 0 aliphatic carbocycles. The number of pyridine rings is 1. The zero-order valence-electron chi connectivity index (χ0n) is 9.26. The van der Waals surface area contributed by atoms with Crippen LogP contribution in [0.1, 0.15) is 0 Å². The second-order valence-corrected chi connectivity index (χ2v) is 3.76. The summed E-state index contributed by atoms with van der Waals surface area (Å²) in [6.45, 7) is 5.18. The van der Waals surface area contributed by atoms with Crippen molar-refractivity contribution in [3.8, 4) is 5.75 Å². The van der Waals surface area contributed by atoms with Crippen LogP contribution < -0.4 is 10.5 Å². The average molecular weight is 223 g/mol. The molecule has 1 aliphatic rings. The number of anilines is 1. The van der Waals surface area contributed by atoms with Gasteiger partial charge in [0.15, 0.2) is 0 Å². The molecule has 0 unspecified atom stereocenters. The van der Waals surface area contributed by atoms with Gasteiger partial charge in [0.2, 0.25) is 0 Å². The average Bonchev–Trinajstić information content (AvgIpc) is 2.30. The van der Waals surface area contributed by atoms with Crippen LogP contribution in [0.5, 0.6) is 5.75 Å². The molecule has 1 saturated heterocycles. The number of rotatable bonds is 4. The van der Waals surface area contributed by atoms with Gasteiger partial charge in [0.25, 0.3) is 0 Å². The summed E-state index contributed by atoms with van der Waals surface area (Å²) in [7, 11) is 0. The predicted octanol–water partition coefficient (Wildman–Crippen LogP) is 0.375. The first-order valence-electron chi connectivity index (χ1n) is 5.48. The lowest BCUT2D eigenvalue weighted by molar-refractivity contribution is 0.0322. The quantitative estimate of drug-likeness (QED) is 0.799. The van der Waals surface area contributed by atoms with E-state index in [4.69, 9.17) is 15.2 Å². The normalized spacial score (nSPS) is 17.2. The first-order chi connectivity index (χ1) is 7.84. The van der Waals surface area contributed by atoms with Crippen molar-refractivity contribution in [1.29, 1.82) is 0 Å². The van der Waals surface area contributed by atoms with E-state index in [-0.39, 0.29) is 0 Å². The zero-order chi connectivity index (χ0) is 11.2. The molecule has 2 N–H and O–H groups in total. The minimum atomic E-state index is 0.629. The molecule has 5 heteroatoms. The molecular formula is C11H17N3O2. The minimum absolute atomic E-state index is 0.629. The smallest absolute Gasteiger partial charge is 0.139 e. The van der Waals surface area contributed by atoms with Crippen molar-refractivity contribution < 1.29 is 9.47 Å². The van der Waals surface area contributed by atoms with Crippen LogP contribution in [0.3, 0.4) is 0 Å². The van der Waals surface area contributed by atoms with E-state index >= 15 is 0 Å². The van der Waals surface area contributed by atoms with Crippen molar-refractivity contribution in [3.63, 3.8) is 0 Å². The lowest BCUT2D eigenvalue weighted by Gasteiger charge is -2.26. The molecule has 1 aliphatic heterocycles. The summed E-state index contributed by atoms with van der Waals surface area (Å²) < 4.78 is 10.8. The Morgan fingerprint density at radius 1 is 1.38 bits per heavy atom. The van der Waals surface area contributed by atoms with E-state index in [0.717, 1.165) is 38.6 Å². The Balaban J connectivity index is 1.71. The zero-order valence-corrected chi connectivity index (χ0v) is 9.26. The number of hydrogen-bond donors (Lipinski definition) is 1. The first kappa shape index (κ1) is 11.2. The maximum Gasteiger partial charge on any atom is 0.139 e. The molecule has 1 aromatic heterocycles. The third kappa shape index (κ3) is 3.36. The van der Waals surface area contributed by atoms with Gasteiger partial charge in [0, 0.05) is 25.7 Å². The van der Waals surface area contributed by atoms with Crippen LogP contribution >= 0.6 is 0 Å². The van der Waals surface area contributed by atoms with Crippen molar-refractivity contribution in [1.82, 2.24) is 9.88 Å². The van der Waals surface area contributed by atoms with Crippen molar-refractivity contribution in [2.75, 3.05) is 45.2 Å². The van der Waals surface area contributed by atoms with Crippen molar-refractivity contribution in [2.45, 2.75) is 0 Å². The predicted molar refractivity (Wildman–Crippen MR) is 61.4 cm³/mol. The molecule has 1 aromatic rings. The van der Waals surface area contributed by atoms with Crippen LogP contribution in [0.15, 0.2) is 18.5 Å². The van der Waals surface area contributed by atoms with E-state index in [1.54, 1.807) is 18.5 Å². The van der Waals surface area contributed by atoms with Gasteiger partial charge in [-0.15, -0.1) is 0 Å². The Bertz CT molecular complexity index is 327. The highest BCUT2D eigenvalue weighted by molar-refractivity contribution is 5.39. The molecule has 0 saturated carbocycles. The van der Waals surface area contributed by atoms with Crippen molar-refractivity contribution >= 4 is 5.69 Å². The number of ether oxygens (including phenoxy) is 2. The highest BCUT2D eigenvalue weighted by Gasteiger charge is 2.09. The van der Waals surface area contributed by atoms with E-state index in [1.807, 2.05) is 0 Å². The summed E-state index contributed by atoms with van der Waals surface area (Å²) in [6, 6.07) is 1.78. The van der Waals surface area contributed by atoms with Crippen LogP contribution in [-0.4, -0.2) is 49.3 Å². The van der Waals surface area contributed by atoms with E-state index < -0.39 is 0 Å². The monoisotopic (exact) mass is 223 g/mol. The topological polar surface area (TPSA) is 60.6 Å². The summed E-state index contributed by atoms with van der Waals surface area (Å²) in [6.07, 6.45) is 3.28. The standard InChI is InChI=1S/C11H17N3O2/c12-10-7-11(9-13-8-10)16-6-3-14-1-4-15-5-2-14/h7-9H,1-6,12H2. The molecule has 88 valence electrons. The van der Waals surface area contributed by atoms with Gasteiger partial charge in [-0.1, -0.05) is 0 Å². The largest absolute Gasteiger partial charge is 0.491 e. The second-order valence-electron chi connectivity index (χ2n) is 3.76. The number of aromatic nitrogens is 1. The maximum absolute atomic E-state index is 5.60. The highest BCUT2D eigenvalue weighted by Crippen LogP contribution is 2.12.